The van der Waals surface area contributed by atoms with Crippen LogP contribution in [0.1, 0.15) is 16.9 Å². The van der Waals surface area contributed by atoms with Crippen LogP contribution in [0.25, 0.3) is 11.0 Å². The summed E-state index contributed by atoms with van der Waals surface area (Å²) in [6, 6.07) is 14.2. The Labute approximate surface area is 221 Å². The molecule has 36 heavy (non-hydrogen) atoms. The van der Waals surface area contributed by atoms with Crippen LogP contribution in [0.4, 0.5) is 13.2 Å². The van der Waals surface area contributed by atoms with Crippen molar-refractivity contribution >= 4 is 50.1 Å². The highest BCUT2D eigenvalue weighted by atomic mass is 79.9. The van der Waals surface area contributed by atoms with Crippen molar-refractivity contribution < 1.29 is 27.1 Å². The molecule has 0 spiro atoms. The standard InChI is InChI=1S/C25H15BrCl2F3NO4/c26-17-3-1-2-4-20(17)35-23-21(33)15-7-8-19-16(22(15)36-24(23)25(29,30)31)11-32(12-34-19)10-13-5-6-14(27)9-18(13)28/h1-9H,10-12H2. The van der Waals surface area contributed by atoms with Gasteiger partial charge in [-0.05, 0) is 57.9 Å². The van der Waals surface area contributed by atoms with Gasteiger partial charge in [-0.25, -0.2) is 0 Å². The second kappa shape index (κ2) is 9.63. The van der Waals surface area contributed by atoms with E-state index in [1.165, 1.54) is 18.2 Å². The Hall–Kier alpha value is -2.72. The Morgan fingerprint density at radius 2 is 1.86 bits per heavy atom. The van der Waals surface area contributed by atoms with Gasteiger partial charge in [0.2, 0.25) is 11.2 Å². The van der Waals surface area contributed by atoms with E-state index in [-0.39, 0.29) is 30.0 Å². The summed E-state index contributed by atoms with van der Waals surface area (Å²) in [7, 11) is 0. The molecule has 3 aromatic carbocycles. The van der Waals surface area contributed by atoms with Crippen molar-refractivity contribution in [2.24, 2.45) is 0 Å². The maximum Gasteiger partial charge on any atom is 0.453 e. The first-order valence-electron chi connectivity index (χ1n) is 10.5. The third kappa shape index (κ3) is 4.80. The number of benzene rings is 3. The SMILES string of the molecule is O=c1c(Oc2ccccc2Br)c(C(F)(F)F)oc2c3c(ccc12)OCN(Cc1ccc(Cl)cc1Cl)C3. The second-order valence-electron chi connectivity index (χ2n) is 8.03. The molecule has 5 rings (SSSR count). The number of fused-ring (bicyclic) bond motifs is 3. The average Bonchev–Trinajstić information content (AvgIpc) is 2.83. The Balaban J connectivity index is 1.59. The van der Waals surface area contributed by atoms with Gasteiger partial charge in [-0.1, -0.05) is 41.4 Å². The van der Waals surface area contributed by atoms with Gasteiger partial charge in [0.05, 0.1) is 15.4 Å². The van der Waals surface area contributed by atoms with Gasteiger partial charge in [0.1, 0.15) is 23.8 Å². The summed E-state index contributed by atoms with van der Waals surface area (Å²) >= 11 is 15.5. The summed E-state index contributed by atoms with van der Waals surface area (Å²) in [4.78, 5) is 15.1. The van der Waals surface area contributed by atoms with Gasteiger partial charge in [-0.15, -0.1) is 0 Å². The molecule has 0 unspecified atom stereocenters. The van der Waals surface area contributed by atoms with E-state index in [1.54, 1.807) is 36.4 Å². The lowest BCUT2D eigenvalue weighted by Crippen LogP contribution is -2.32. The molecule has 0 N–H and O–H groups in total. The van der Waals surface area contributed by atoms with Crippen molar-refractivity contribution in [1.82, 2.24) is 4.90 Å². The van der Waals surface area contributed by atoms with Gasteiger partial charge < -0.3 is 13.9 Å². The van der Waals surface area contributed by atoms with Crippen LogP contribution in [0.3, 0.4) is 0 Å². The molecule has 186 valence electrons. The zero-order chi connectivity index (χ0) is 25.6. The fourth-order valence-electron chi connectivity index (χ4n) is 3.90. The molecule has 1 aromatic heterocycles. The molecule has 5 nitrogen and oxygen atoms in total. The summed E-state index contributed by atoms with van der Waals surface area (Å²) in [6.45, 7) is 0.665. The number of rotatable bonds is 4. The molecule has 4 aromatic rings. The number of hydrogen-bond donors (Lipinski definition) is 0. The maximum absolute atomic E-state index is 14.0. The predicted molar refractivity (Wildman–Crippen MR) is 133 cm³/mol. The lowest BCUT2D eigenvalue weighted by molar-refractivity contribution is -0.154. The van der Waals surface area contributed by atoms with Crippen molar-refractivity contribution in [2.45, 2.75) is 19.3 Å². The van der Waals surface area contributed by atoms with Crippen LogP contribution in [0.5, 0.6) is 17.2 Å². The van der Waals surface area contributed by atoms with E-state index >= 15 is 0 Å². The molecule has 0 saturated heterocycles. The summed E-state index contributed by atoms with van der Waals surface area (Å²) in [5.74, 6) is -2.09. The van der Waals surface area contributed by atoms with Gasteiger partial charge in [-0.3, -0.25) is 9.69 Å². The summed E-state index contributed by atoms with van der Waals surface area (Å²) < 4.78 is 59.1. The first-order chi connectivity index (χ1) is 17.1. The number of nitrogens with zero attached hydrogens (tertiary/aromatic N) is 1. The zero-order valence-electron chi connectivity index (χ0n) is 18.2. The van der Waals surface area contributed by atoms with Crippen LogP contribution < -0.4 is 14.9 Å². The van der Waals surface area contributed by atoms with Crippen LogP contribution in [0.2, 0.25) is 10.0 Å². The van der Waals surface area contributed by atoms with E-state index < -0.39 is 23.1 Å². The van der Waals surface area contributed by atoms with E-state index in [4.69, 9.17) is 37.1 Å². The number of hydrogen-bond acceptors (Lipinski definition) is 5. The summed E-state index contributed by atoms with van der Waals surface area (Å²) in [5.41, 5.74) is -0.0787. The van der Waals surface area contributed by atoms with Gasteiger partial charge >= 0.3 is 6.18 Å². The molecule has 0 fully saturated rings. The van der Waals surface area contributed by atoms with E-state index in [0.29, 0.717) is 32.4 Å². The Morgan fingerprint density at radius 3 is 2.58 bits per heavy atom. The number of para-hydroxylation sites is 1. The van der Waals surface area contributed by atoms with Gasteiger partial charge in [0.25, 0.3) is 5.76 Å². The summed E-state index contributed by atoms with van der Waals surface area (Å²) in [5, 5.41) is 0.877. The molecular formula is C25H15BrCl2F3NO4. The maximum atomic E-state index is 14.0. The van der Waals surface area contributed by atoms with Crippen LogP contribution >= 0.6 is 39.1 Å². The molecule has 0 atom stereocenters. The highest BCUT2D eigenvalue weighted by molar-refractivity contribution is 9.10. The third-order valence-corrected chi connectivity index (χ3v) is 6.82. The minimum Gasteiger partial charge on any atom is -0.478 e. The highest BCUT2D eigenvalue weighted by Gasteiger charge is 2.41. The van der Waals surface area contributed by atoms with Crippen molar-refractivity contribution in [3.8, 4) is 17.2 Å². The molecule has 11 heteroatoms. The van der Waals surface area contributed by atoms with Crippen LogP contribution in [-0.2, 0) is 19.3 Å². The van der Waals surface area contributed by atoms with Crippen molar-refractivity contribution in [1.29, 1.82) is 0 Å². The fraction of sp³-hybridized carbons (Fsp3) is 0.160. The third-order valence-electron chi connectivity index (χ3n) is 5.58. The minimum atomic E-state index is -4.99. The van der Waals surface area contributed by atoms with Gasteiger partial charge in [-0.2, -0.15) is 13.2 Å². The number of ether oxygens (including phenoxy) is 2. The lowest BCUT2D eigenvalue weighted by Gasteiger charge is -2.29. The zero-order valence-corrected chi connectivity index (χ0v) is 21.3. The Bertz CT molecular complexity index is 1540. The molecule has 0 radical (unpaired) electrons. The topological polar surface area (TPSA) is 51.9 Å². The van der Waals surface area contributed by atoms with Gasteiger partial charge in [0, 0.05) is 23.1 Å². The molecule has 2 heterocycles. The quantitative estimate of drug-likeness (QED) is 0.237. The molecule has 0 aliphatic carbocycles. The van der Waals surface area contributed by atoms with E-state index in [1.807, 2.05) is 4.90 Å². The summed E-state index contributed by atoms with van der Waals surface area (Å²) in [6.07, 6.45) is -4.99. The average molecular weight is 601 g/mol. The minimum absolute atomic E-state index is 0.0435. The lowest BCUT2D eigenvalue weighted by atomic mass is 10.1. The number of halogens is 6. The fourth-order valence-corrected chi connectivity index (χ4v) is 4.74. The largest absolute Gasteiger partial charge is 0.478 e. The number of alkyl halides is 3. The van der Waals surface area contributed by atoms with Crippen LogP contribution in [0.15, 0.2) is 68.3 Å². The molecule has 0 saturated carbocycles. The smallest absolute Gasteiger partial charge is 0.453 e. The Kier molecular flexibility index (Phi) is 6.67. The van der Waals surface area contributed by atoms with E-state index in [0.717, 1.165) is 5.56 Å². The monoisotopic (exact) mass is 599 g/mol. The molecule has 1 aliphatic rings. The molecular weight excluding hydrogens is 586 g/mol. The van der Waals surface area contributed by atoms with Crippen molar-refractivity contribution in [3.63, 3.8) is 0 Å². The second-order valence-corrected chi connectivity index (χ2v) is 9.73. The first-order valence-corrected chi connectivity index (χ1v) is 12.1. The normalized spacial score (nSPS) is 13.9. The van der Waals surface area contributed by atoms with Crippen molar-refractivity contribution in [2.75, 3.05) is 6.73 Å². The van der Waals surface area contributed by atoms with Crippen LogP contribution in [-0.4, -0.2) is 11.6 Å². The molecule has 0 bridgehead atoms. The highest BCUT2D eigenvalue weighted by Crippen LogP contribution is 2.42. The van der Waals surface area contributed by atoms with Gasteiger partial charge in [0.15, 0.2) is 0 Å². The van der Waals surface area contributed by atoms with E-state index in [2.05, 4.69) is 15.9 Å². The first kappa shape index (κ1) is 25.0. The molecule has 1 aliphatic heterocycles. The predicted octanol–water partition coefficient (Wildman–Crippen LogP) is 8.03. The van der Waals surface area contributed by atoms with Crippen molar-refractivity contribution in [3.05, 3.63) is 96.2 Å². The molecule has 0 amide bonds. The van der Waals surface area contributed by atoms with E-state index in [9.17, 15) is 18.0 Å². The van der Waals surface area contributed by atoms with Crippen LogP contribution in [0, 0.1) is 0 Å². The Morgan fingerprint density at radius 1 is 1.08 bits per heavy atom.